The van der Waals surface area contributed by atoms with E-state index >= 15 is 0 Å². The zero-order valence-corrected chi connectivity index (χ0v) is 10.4. The molecule has 0 fully saturated rings. The Bertz CT molecular complexity index is 776. The van der Waals surface area contributed by atoms with Gasteiger partial charge in [-0.1, -0.05) is 36.4 Å². The number of hydrogen-bond acceptors (Lipinski definition) is 5. The molecule has 0 saturated carbocycles. The van der Waals surface area contributed by atoms with E-state index in [0.29, 0.717) is 5.76 Å². The van der Waals surface area contributed by atoms with E-state index in [-0.39, 0.29) is 17.0 Å². The van der Waals surface area contributed by atoms with Crippen LogP contribution in [0.3, 0.4) is 0 Å². The topological polar surface area (TPSA) is 84.7 Å². The molecule has 0 aliphatic rings. The van der Waals surface area contributed by atoms with Gasteiger partial charge in [0.25, 0.3) is 0 Å². The van der Waals surface area contributed by atoms with E-state index in [0.717, 1.165) is 5.56 Å². The summed E-state index contributed by atoms with van der Waals surface area (Å²) in [4.78, 5) is 11.6. The number of H-pyrrole nitrogens is 1. The van der Waals surface area contributed by atoms with Gasteiger partial charge in [-0.25, -0.2) is 0 Å². The molecule has 2 heterocycles. The number of benzene rings is 1. The van der Waals surface area contributed by atoms with Crippen LogP contribution in [0.4, 0.5) is 0 Å². The second-order valence-electron chi connectivity index (χ2n) is 4.04. The Labute approximate surface area is 113 Å². The number of aromatic amines is 1. The molecule has 0 bridgehead atoms. The molecule has 0 spiro atoms. The number of rotatable bonds is 3. The van der Waals surface area contributed by atoms with Gasteiger partial charge in [0, 0.05) is 12.1 Å². The van der Waals surface area contributed by atoms with E-state index in [9.17, 15) is 4.79 Å². The molecule has 0 radical (unpaired) electrons. The molecule has 6 nitrogen and oxygen atoms in total. The molecule has 1 N–H and O–H groups in total. The maximum absolute atomic E-state index is 11.6. The third-order valence-corrected chi connectivity index (χ3v) is 2.59. The van der Waals surface area contributed by atoms with Gasteiger partial charge in [0.1, 0.15) is 5.76 Å². The van der Waals surface area contributed by atoms with E-state index in [4.69, 9.17) is 4.42 Å². The fourth-order valence-corrected chi connectivity index (χ4v) is 1.70. The zero-order chi connectivity index (χ0) is 13.8. The van der Waals surface area contributed by atoms with Gasteiger partial charge in [-0.05, 0) is 16.9 Å². The van der Waals surface area contributed by atoms with Crippen LogP contribution in [-0.4, -0.2) is 20.6 Å². The Hall–Kier alpha value is -3.02. The van der Waals surface area contributed by atoms with Crippen molar-refractivity contribution in [3.8, 4) is 11.6 Å². The fourth-order valence-electron chi connectivity index (χ4n) is 1.70. The van der Waals surface area contributed by atoms with Gasteiger partial charge < -0.3 is 4.42 Å². The van der Waals surface area contributed by atoms with Crippen LogP contribution in [0.15, 0.2) is 51.7 Å². The van der Waals surface area contributed by atoms with Crippen LogP contribution < -0.4 is 5.43 Å². The first-order valence-electron chi connectivity index (χ1n) is 5.93. The van der Waals surface area contributed by atoms with Gasteiger partial charge in [-0.3, -0.25) is 4.79 Å². The van der Waals surface area contributed by atoms with Crippen molar-refractivity contribution in [3.05, 3.63) is 64.0 Å². The Balaban J connectivity index is 1.95. The molecule has 98 valence electrons. The van der Waals surface area contributed by atoms with Crippen LogP contribution in [0.5, 0.6) is 0 Å². The predicted octanol–water partition coefficient (Wildman–Crippen LogP) is 1.99. The van der Waals surface area contributed by atoms with Crippen molar-refractivity contribution in [2.24, 2.45) is 0 Å². The molecule has 0 aliphatic carbocycles. The molecule has 0 saturated heterocycles. The first-order valence-corrected chi connectivity index (χ1v) is 5.93. The summed E-state index contributed by atoms with van der Waals surface area (Å²) in [6, 6.07) is 12.5. The number of nitrogens with zero attached hydrogens (tertiary/aromatic N) is 3. The van der Waals surface area contributed by atoms with Crippen LogP contribution in [0.25, 0.3) is 23.7 Å². The zero-order valence-electron chi connectivity index (χ0n) is 10.4. The molecule has 1 aromatic carbocycles. The molecule has 3 rings (SSSR count). The maximum Gasteiger partial charge on any atom is 0.239 e. The Kier molecular flexibility index (Phi) is 3.20. The van der Waals surface area contributed by atoms with E-state index in [1.165, 1.54) is 12.1 Å². The molecule has 0 unspecified atom stereocenters. The van der Waals surface area contributed by atoms with Crippen molar-refractivity contribution in [2.45, 2.75) is 0 Å². The fraction of sp³-hybridized carbons (Fsp3) is 0. The molecular formula is C14H10N4O2. The summed E-state index contributed by atoms with van der Waals surface area (Å²) in [6.07, 6.45) is 3.58. The highest BCUT2D eigenvalue weighted by Crippen LogP contribution is 2.14. The van der Waals surface area contributed by atoms with E-state index in [2.05, 4.69) is 20.6 Å². The van der Waals surface area contributed by atoms with Crippen molar-refractivity contribution >= 4 is 12.2 Å². The van der Waals surface area contributed by atoms with Crippen LogP contribution in [0, 0.1) is 0 Å². The highest BCUT2D eigenvalue weighted by Gasteiger charge is 2.07. The number of nitrogens with one attached hydrogen (secondary N) is 1. The highest BCUT2D eigenvalue weighted by atomic mass is 16.3. The summed E-state index contributed by atoms with van der Waals surface area (Å²) < 4.78 is 5.55. The quantitative estimate of drug-likeness (QED) is 0.783. The average molecular weight is 266 g/mol. The largest absolute Gasteiger partial charge is 0.453 e. The average Bonchev–Trinajstić information content (AvgIpc) is 3.00. The number of aromatic nitrogens is 4. The van der Waals surface area contributed by atoms with Gasteiger partial charge in [0.15, 0.2) is 11.2 Å². The van der Waals surface area contributed by atoms with Gasteiger partial charge in [-0.15, -0.1) is 10.2 Å². The molecule has 3 aromatic rings. The summed E-state index contributed by atoms with van der Waals surface area (Å²) in [5.74, 6) is 0.956. The van der Waals surface area contributed by atoms with Crippen molar-refractivity contribution in [2.75, 3.05) is 0 Å². The molecule has 20 heavy (non-hydrogen) atoms. The molecule has 0 amide bonds. The number of hydrogen-bond donors (Lipinski definition) is 1. The molecule has 6 heteroatoms. The van der Waals surface area contributed by atoms with E-state index in [1.54, 1.807) is 6.08 Å². The maximum atomic E-state index is 11.6. The standard InChI is InChI=1S/C14H10N4O2/c19-11-8-12(7-6-10-4-2-1-3-5-10)20-13(9-11)14-15-17-18-16-14/h1-9H,(H,15,16,17,18). The first kappa shape index (κ1) is 12.0. The van der Waals surface area contributed by atoms with E-state index < -0.39 is 0 Å². The van der Waals surface area contributed by atoms with Crippen LogP contribution >= 0.6 is 0 Å². The lowest BCUT2D eigenvalue weighted by molar-refractivity contribution is 0.549. The highest BCUT2D eigenvalue weighted by molar-refractivity contribution is 5.67. The van der Waals surface area contributed by atoms with Crippen molar-refractivity contribution < 1.29 is 4.42 Å². The summed E-state index contributed by atoms with van der Waals surface area (Å²) in [7, 11) is 0. The van der Waals surface area contributed by atoms with Gasteiger partial charge >= 0.3 is 0 Å². The summed E-state index contributed by atoms with van der Waals surface area (Å²) in [5, 5.41) is 13.3. The van der Waals surface area contributed by atoms with Crippen molar-refractivity contribution in [1.29, 1.82) is 0 Å². The first-order chi connectivity index (χ1) is 9.81. The predicted molar refractivity (Wildman–Crippen MR) is 73.5 cm³/mol. The lowest BCUT2D eigenvalue weighted by Crippen LogP contribution is -1.99. The summed E-state index contributed by atoms with van der Waals surface area (Å²) in [5.41, 5.74) is 0.837. The summed E-state index contributed by atoms with van der Waals surface area (Å²) in [6.45, 7) is 0. The van der Waals surface area contributed by atoms with Crippen molar-refractivity contribution in [1.82, 2.24) is 20.6 Å². The minimum absolute atomic E-state index is 0.177. The third-order valence-electron chi connectivity index (χ3n) is 2.59. The Morgan fingerprint density at radius 3 is 2.70 bits per heavy atom. The SMILES string of the molecule is O=c1cc(C=Cc2ccccc2)oc(-c2nn[nH]n2)c1. The monoisotopic (exact) mass is 266 g/mol. The minimum atomic E-state index is -0.177. The molecule has 0 atom stereocenters. The molecule has 0 aliphatic heterocycles. The Morgan fingerprint density at radius 1 is 1.10 bits per heavy atom. The van der Waals surface area contributed by atoms with Gasteiger partial charge in [-0.2, -0.15) is 5.21 Å². The second kappa shape index (κ2) is 5.31. The lowest BCUT2D eigenvalue weighted by atomic mass is 10.2. The molecule has 2 aromatic heterocycles. The Morgan fingerprint density at radius 2 is 1.95 bits per heavy atom. The smallest absolute Gasteiger partial charge is 0.239 e. The number of tetrazole rings is 1. The van der Waals surface area contributed by atoms with Crippen LogP contribution in [0.1, 0.15) is 11.3 Å². The van der Waals surface area contributed by atoms with Crippen LogP contribution in [0.2, 0.25) is 0 Å². The second-order valence-corrected chi connectivity index (χ2v) is 4.04. The normalized spacial score (nSPS) is 11.0. The van der Waals surface area contributed by atoms with Crippen LogP contribution in [-0.2, 0) is 0 Å². The molecular weight excluding hydrogens is 256 g/mol. The summed E-state index contributed by atoms with van der Waals surface area (Å²) >= 11 is 0. The minimum Gasteiger partial charge on any atom is -0.453 e. The van der Waals surface area contributed by atoms with Gasteiger partial charge in [0.2, 0.25) is 5.82 Å². The van der Waals surface area contributed by atoms with E-state index in [1.807, 2.05) is 36.4 Å². The van der Waals surface area contributed by atoms with Crippen molar-refractivity contribution in [3.63, 3.8) is 0 Å². The van der Waals surface area contributed by atoms with Gasteiger partial charge in [0.05, 0.1) is 0 Å². The lowest BCUT2D eigenvalue weighted by Gasteiger charge is -1.97. The third kappa shape index (κ3) is 2.69.